The van der Waals surface area contributed by atoms with E-state index in [9.17, 15) is 0 Å². The first kappa shape index (κ1) is 9.49. The van der Waals surface area contributed by atoms with E-state index < -0.39 is 0 Å². The molecule has 0 aliphatic rings. The fourth-order valence-electron chi connectivity index (χ4n) is 1.06. The van der Waals surface area contributed by atoms with E-state index in [0.717, 1.165) is 16.3 Å². The molecule has 14 heavy (non-hydrogen) atoms. The second kappa shape index (κ2) is 4.44. The average Bonchev–Trinajstić information content (AvgIpc) is 2.67. The number of hydrogen-bond acceptors (Lipinski definition) is 3. The zero-order valence-corrected chi connectivity index (χ0v) is 8.89. The molecule has 0 N–H and O–H groups in total. The summed E-state index contributed by atoms with van der Waals surface area (Å²) in [6.45, 7) is 0.527. The zero-order valence-electron chi connectivity index (χ0n) is 7.31. The highest BCUT2D eigenvalue weighted by atomic mass is 35.5. The third-order valence-corrected chi connectivity index (χ3v) is 2.50. The molecule has 2 rings (SSSR count). The summed E-state index contributed by atoms with van der Waals surface area (Å²) in [4.78, 5) is 0. The van der Waals surface area contributed by atoms with Gasteiger partial charge in [-0.1, -0.05) is 23.7 Å². The van der Waals surface area contributed by atoms with Gasteiger partial charge in [-0.05, 0) is 29.2 Å². The van der Waals surface area contributed by atoms with Gasteiger partial charge in [-0.3, -0.25) is 0 Å². The summed E-state index contributed by atoms with van der Waals surface area (Å²) in [7, 11) is 0. The molecule has 0 fully saturated rings. The van der Waals surface area contributed by atoms with Crippen LogP contribution in [-0.4, -0.2) is 4.37 Å². The molecule has 0 amide bonds. The number of rotatable bonds is 3. The second-order valence-corrected chi connectivity index (χ2v) is 3.87. The van der Waals surface area contributed by atoms with Crippen molar-refractivity contribution >= 4 is 23.1 Å². The number of ether oxygens (including phenoxy) is 1. The lowest BCUT2D eigenvalue weighted by molar-refractivity contribution is 0.307. The second-order valence-electron chi connectivity index (χ2n) is 2.78. The van der Waals surface area contributed by atoms with Crippen molar-refractivity contribution in [3.8, 4) is 5.75 Å². The maximum Gasteiger partial charge on any atom is 0.150 e. The van der Waals surface area contributed by atoms with Gasteiger partial charge in [-0.25, -0.2) is 0 Å². The van der Waals surface area contributed by atoms with Gasteiger partial charge < -0.3 is 4.74 Å². The van der Waals surface area contributed by atoms with Gasteiger partial charge >= 0.3 is 0 Å². The minimum absolute atomic E-state index is 0.527. The Hall–Kier alpha value is -1.06. The molecule has 0 bridgehead atoms. The van der Waals surface area contributed by atoms with Crippen molar-refractivity contribution in [1.82, 2.24) is 4.37 Å². The number of halogens is 1. The summed E-state index contributed by atoms with van der Waals surface area (Å²) in [5, 5.41) is 2.60. The van der Waals surface area contributed by atoms with Gasteiger partial charge in [-0.15, -0.1) is 0 Å². The molecule has 0 saturated heterocycles. The third-order valence-electron chi connectivity index (χ3n) is 1.70. The van der Waals surface area contributed by atoms with E-state index in [2.05, 4.69) is 4.37 Å². The van der Waals surface area contributed by atoms with Gasteiger partial charge in [0.1, 0.15) is 6.61 Å². The summed E-state index contributed by atoms with van der Waals surface area (Å²) in [6.07, 6.45) is 1.70. The van der Waals surface area contributed by atoms with Crippen LogP contribution in [0, 0.1) is 0 Å². The van der Waals surface area contributed by atoms with Crippen LogP contribution in [-0.2, 0) is 6.61 Å². The van der Waals surface area contributed by atoms with E-state index in [0.29, 0.717) is 6.61 Å². The maximum atomic E-state index is 5.84. The van der Waals surface area contributed by atoms with Crippen LogP contribution in [0.25, 0.3) is 0 Å². The largest absolute Gasteiger partial charge is 0.486 e. The van der Waals surface area contributed by atoms with Crippen LogP contribution in [0.15, 0.2) is 35.8 Å². The van der Waals surface area contributed by atoms with Gasteiger partial charge in [-0.2, -0.15) is 4.37 Å². The van der Waals surface area contributed by atoms with E-state index in [4.69, 9.17) is 16.3 Å². The Balaban J connectivity index is 1.98. The van der Waals surface area contributed by atoms with Gasteiger partial charge in [0.2, 0.25) is 0 Å². The van der Waals surface area contributed by atoms with Crippen molar-refractivity contribution in [1.29, 1.82) is 0 Å². The zero-order chi connectivity index (χ0) is 9.80. The molecule has 1 aromatic heterocycles. The van der Waals surface area contributed by atoms with Crippen LogP contribution in [0.5, 0.6) is 5.75 Å². The quantitative estimate of drug-likeness (QED) is 0.799. The lowest BCUT2D eigenvalue weighted by Crippen LogP contribution is -1.93. The minimum atomic E-state index is 0.527. The van der Waals surface area contributed by atoms with Crippen molar-refractivity contribution in [2.45, 2.75) is 6.61 Å². The Morgan fingerprint density at radius 2 is 2.36 bits per heavy atom. The van der Waals surface area contributed by atoms with Crippen LogP contribution < -0.4 is 4.74 Å². The molecule has 2 nitrogen and oxygen atoms in total. The van der Waals surface area contributed by atoms with E-state index in [-0.39, 0.29) is 0 Å². The lowest BCUT2D eigenvalue weighted by atomic mass is 10.2. The molecule has 0 saturated carbocycles. The maximum absolute atomic E-state index is 5.84. The lowest BCUT2D eigenvalue weighted by Gasteiger charge is -2.03. The van der Waals surface area contributed by atoms with Crippen molar-refractivity contribution in [3.05, 3.63) is 46.4 Å². The molecular weight excluding hydrogens is 218 g/mol. The first-order chi connectivity index (χ1) is 6.84. The Bertz CT molecular complexity index is 402. The molecule has 0 unspecified atom stereocenters. The molecule has 1 heterocycles. The van der Waals surface area contributed by atoms with Crippen LogP contribution in [0.3, 0.4) is 0 Å². The van der Waals surface area contributed by atoms with E-state index in [1.165, 1.54) is 11.5 Å². The fourth-order valence-corrected chi connectivity index (χ4v) is 1.73. The average molecular weight is 226 g/mol. The van der Waals surface area contributed by atoms with Crippen LogP contribution >= 0.6 is 23.1 Å². The van der Waals surface area contributed by atoms with Gasteiger partial charge in [0, 0.05) is 5.02 Å². The predicted octanol–water partition coefficient (Wildman–Crippen LogP) is 3.38. The number of benzene rings is 1. The minimum Gasteiger partial charge on any atom is -0.486 e. The molecule has 0 radical (unpaired) electrons. The van der Waals surface area contributed by atoms with Crippen molar-refractivity contribution in [2.75, 3.05) is 0 Å². The smallest absolute Gasteiger partial charge is 0.150 e. The molecule has 2 aromatic rings. The normalized spacial score (nSPS) is 10.1. The molecule has 0 aliphatic heterocycles. The highest BCUT2D eigenvalue weighted by Crippen LogP contribution is 2.15. The Labute approximate surface area is 91.3 Å². The number of aromatic nitrogens is 1. The third kappa shape index (κ3) is 2.47. The fraction of sp³-hybridized carbons (Fsp3) is 0.100. The summed E-state index contributed by atoms with van der Waals surface area (Å²) in [6, 6.07) is 7.62. The van der Waals surface area contributed by atoms with E-state index in [1.54, 1.807) is 6.20 Å². The molecule has 1 aromatic carbocycles. The Kier molecular flexibility index (Phi) is 3.01. The van der Waals surface area contributed by atoms with Crippen LogP contribution in [0.1, 0.15) is 5.56 Å². The van der Waals surface area contributed by atoms with Crippen LogP contribution in [0.2, 0.25) is 5.02 Å². The summed E-state index contributed by atoms with van der Waals surface area (Å²) in [5.74, 6) is 0.801. The van der Waals surface area contributed by atoms with E-state index in [1.807, 2.05) is 29.6 Å². The molecule has 72 valence electrons. The first-order valence-corrected chi connectivity index (χ1v) is 5.33. The van der Waals surface area contributed by atoms with Crippen LogP contribution in [0.4, 0.5) is 0 Å². The Morgan fingerprint density at radius 3 is 3.07 bits per heavy atom. The summed E-state index contributed by atoms with van der Waals surface area (Å²) >= 11 is 7.22. The van der Waals surface area contributed by atoms with Gasteiger partial charge in [0.05, 0.1) is 11.6 Å². The topological polar surface area (TPSA) is 22.1 Å². The van der Waals surface area contributed by atoms with E-state index >= 15 is 0 Å². The van der Waals surface area contributed by atoms with Gasteiger partial charge in [0.25, 0.3) is 0 Å². The summed E-state index contributed by atoms with van der Waals surface area (Å²) < 4.78 is 9.42. The first-order valence-electron chi connectivity index (χ1n) is 4.11. The number of hydrogen-bond donors (Lipinski definition) is 0. The highest BCUT2D eigenvalue weighted by Gasteiger charge is 1.97. The molecule has 0 spiro atoms. The Morgan fingerprint density at radius 1 is 1.43 bits per heavy atom. The van der Waals surface area contributed by atoms with Crippen molar-refractivity contribution < 1.29 is 4.74 Å². The monoisotopic (exact) mass is 225 g/mol. The standard InChI is InChI=1S/C10H8ClNOS/c11-9-3-1-2-8(4-9)6-13-10-5-12-14-7-10/h1-5,7H,6H2. The van der Waals surface area contributed by atoms with Crippen molar-refractivity contribution in [2.24, 2.45) is 0 Å². The summed E-state index contributed by atoms with van der Waals surface area (Å²) in [5.41, 5.74) is 1.06. The number of nitrogens with zero attached hydrogens (tertiary/aromatic N) is 1. The molecular formula is C10H8ClNOS. The molecule has 0 aliphatic carbocycles. The predicted molar refractivity (Wildman–Crippen MR) is 57.9 cm³/mol. The molecule has 0 atom stereocenters. The van der Waals surface area contributed by atoms with Crippen molar-refractivity contribution in [3.63, 3.8) is 0 Å². The SMILES string of the molecule is Clc1cccc(COc2cnsc2)c1. The van der Waals surface area contributed by atoms with Gasteiger partial charge in [0.15, 0.2) is 5.75 Å². The molecule has 4 heteroatoms. The highest BCUT2D eigenvalue weighted by molar-refractivity contribution is 7.03.